The molecule has 0 aliphatic rings. The number of hydrogen-bond acceptors (Lipinski definition) is 3. The first kappa shape index (κ1) is 11.1. The molecule has 0 saturated heterocycles. The molecule has 0 aliphatic heterocycles. The minimum absolute atomic E-state index is 0.0858. The van der Waals surface area contributed by atoms with Gasteiger partial charge in [-0.1, -0.05) is 0 Å². The number of thioether (sulfide) groups is 1. The molecule has 1 rings (SSSR count). The zero-order chi connectivity index (χ0) is 10.6. The van der Waals surface area contributed by atoms with Gasteiger partial charge in [-0.15, -0.1) is 11.8 Å². The minimum Gasteiger partial charge on any atom is -0.247 e. The summed E-state index contributed by atoms with van der Waals surface area (Å²) in [6.45, 7) is 5.98. The maximum Gasteiger partial charge on any atom is 0.0966 e. The van der Waals surface area contributed by atoms with Gasteiger partial charge >= 0.3 is 0 Å². The van der Waals surface area contributed by atoms with Gasteiger partial charge in [-0.3, -0.25) is 0 Å². The van der Waals surface area contributed by atoms with Crippen molar-refractivity contribution in [1.82, 2.24) is 4.98 Å². The number of nitriles is 1. The van der Waals surface area contributed by atoms with E-state index in [1.807, 2.05) is 13.8 Å². The molecular formula is C11H14N2S. The lowest BCUT2D eigenvalue weighted by atomic mass is 10.2. The first-order valence-electron chi connectivity index (χ1n) is 4.59. The molecule has 0 fully saturated rings. The molecule has 1 atom stereocenters. The van der Waals surface area contributed by atoms with Gasteiger partial charge in [0.15, 0.2) is 0 Å². The monoisotopic (exact) mass is 206 g/mol. The zero-order valence-electron chi connectivity index (χ0n) is 8.74. The molecule has 3 heteroatoms. The summed E-state index contributed by atoms with van der Waals surface area (Å²) in [6.07, 6.45) is 0. The Morgan fingerprint density at radius 3 is 2.79 bits per heavy atom. The summed E-state index contributed by atoms with van der Waals surface area (Å²) in [6, 6.07) is 6.33. The lowest BCUT2D eigenvalue weighted by Gasteiger charge is -2.04. The molecular weight excluding hydrogens is 192 g/mol. The molecule has 0 bridgehead atoms. The van der Waals surface area contributed by atoms with E-state index in [0.29, 0.717) is 0 Å². The molecule has 0 aliphatic carbocycles. The fourth-order valence-electron chi connectivity index (χ4n) is 1.13. The SMILES string of the molecule is Cc1cc(C)nc(SCC(C)C#N)c1. The number of aromatic nitrogens is 1. The van der Waals surface area contributed by atoms with Crippen molar-refractivity contribution < 1.29 is 0 Å². The second-order valence-corrected chi connectivity index (χ2v) is 4.51. The minimum atomic E-state index is 0.0858. The van der Waals surface area contributed by atoms with E-state index in [4.69, 9.17) is 5.26 Å². The normalized spacial score (nSPS) is 12.1. The van der Waals surface area contributed by atoms with E-state index in [1.165, 1.54) is 5.56 Å². The molecule has 0 spiro atoms. The Balaban J connectivity index is 2.64. The number of hydrogen-bond donors (Lipinski definition) is 0. The average molecular weight is 206 g/mol. The van der Waals surface area contributed by atoms with Crippen LogP contribution in [-0.2, 0) is 0 Å². The summed E-state index contributed by atoms with van der Waals surface area (Å²) in [4.78, 5) is 4.39. The Bertz CT molecular complexity index is 335. The standard InChI is InChI=1S/C11H14N2S/c1-8-4-10(3)13-11(5-8)14-7-9(2)6-12/h4-5,9H,7H2,1-3H3. The van der Waals surface area contributed by atoms with Gasteiger partial charge in [0, 0.05) is 11.4 Å². The predicted octanol–water partition coefficient (Wildman–Crippen LogP) is 2.95. The second-order valence-electron chi connectivity index (χ2n) is 3.47. The van der Waals surface area contributed by atoms with Gasteiger partial charge in [-0.2, -0.15) is 5.26 Å². The van der Waals surface area contributed by atoms with E-state index in [1.54, 1.807) is 11.8 Å². The van der Waals surface area contributed by atoms with Crippen LogP contribution in [0.4, 0.5) is 0 Å². The molecule has 1 unspecified atom stereocenters. The second kappa shape index (κ2) is 5.02. The molecule has 2 nitrogen and oxygen atoms in total. The van der Waals surface area contributed by atoms with Crippen LogP contribution in [0.5, 0.6) is 0 Å². The van der Waals surface area contributed by atoms with Crippen molar-refractivity contribution in [2.45, 2.75) is 25.8 Å². The fourth-order valence-corrected chi connectivity index (χ4v) is 2.10. The van der Waals surface area contributed by atoms with Gasteiger partial charge in [0.25, 0.3) is 0 Å². The Morgan fingerprint density at radius 1 is 1.50 bits per heavy atom. The van der Waals surface area contributed by atoms with Crippen LogP contribution < -0.4 is 0 Å². The fraction of sp³-hybridized carbons (Fsp3) is 0.455. The van der Waals surface area contributed by atoms with Crippen LogP contribution in [0.2, 0.25) is 0 Å². The van der Waals surface area contributed by atoms with Crippen molar-refractivity contribution in [2.24, 2.45) is 5.92 Å². The van der Waals surface area contributed by atoms with Gasteiger partial charge in [-0.25, -0.2) is 4.98 Å². The number of aryl methyl sites for hydroxylation is 2. The van der Waals surface area contributed by atoms with E-state index in [2.05, 4.69) is 30.1 Å². The van der Waals surface area contributed by atoms with Crippen LogP contribution in [0.3, 0.4) is 0 Å². The summed E-state index contributed by atoms with van der Waals surface area (Å²) < 4.78 is 0. The molecule has 74 valence electrons. The highest BCUT2D eigenvalue weighted by atomic mass is 32.2. The summed E-state index contributed by atoms with van der Waals surface area (Å²) in [5.41, 5.74) is 2.27. The number of rotatable bonds is 3. The molecule has 1 aromatic rings. The third-order valence-corrected chi connectivity index (χ3v) is 2.95. The highest BCUT2D eigenvalue weighted by molar-refractivity contribution is 7.99. The lowest BCUT2D eigenvalue weighted by molar-refractivity contribution is 0.861. The summed E-state index contributed by atoms with van der Waals surface area (Å²) in [5.74, 6) is 0.898. The van der Waals surface area contributed by atoms with E-state index in [-0.39, 0.29) is 5.92 Å². The highest BCUT2D eigenvalue weighted by Crippen LogP contribution is 2.19. The number of pyridine rings is 1. The largest absolute Gasteiger partial charge is 0.247 e. The third kappa shape index (κ3) is 3.39. The van der Waals surface area contributed by atoms with E-state index < -0.39 is 0 Å². The zero-order valence-corrected chi connectivity index (χ0v) is 9.56. The number of nitrogens with zero attached hydrogens (tertiary/aromatic N) is 2. The van der Waals surface area contributed by atoms with Gasteiger partial charge in [0.1, 0.15) is 0 Å². The van der Waals surface area contributed by atoms with E-state index in [9.17, 15) is 0 Å². The first-order chi connectivity index (χ1) is 6.61. The molecule has 0 saturated carbocycles. The van der Waals surface area contributed by atoms with Crippen molar-refractivity contribution in [2.75, 3.05) is 5.75 Å². The lowest BCUT2D eigenvalue weighted by Crippen LogP contribution is -1.95. The maximum absolute atomic E-state index is 8.64. The summed E-state index contributed by atoms with van der Waals surface area (Å²) in [5, 5.41) is 9.66. The van der Waals surface area contributed by atoms with Gasteiger partial charge in [0.05, 0.1) is 17.0 Å². The Morgan fingerprint density at radius 2 is 2.21 bits per heavy atom. The molecule has 0 radical (unpaired) electrons. The Kier molecular flexibility index (Phi) is 3.97. The summed E-state index contributed by atoms with van der Waals surface area (Å²) in [7, 11) is 0. The molecule has 1 heterocycles. The molecule has 0 amide bonds. The van der Waals surface area contributed by atoms with Crippen molar-refractivity contribution in [3.05, 3.63) is 23.4 Å². The van der Waals surface area contributed by atoms with Crippen LogP contribution in [0.25, 0.3) is 0 Å². The molecule has 1 aromatic heterocycles. The van der Waals surface area contributed by atoms with E-state index >= 15 is 0 Å². The molecule has 0 N–H and O–H groups in total. The maximum atomic E-state index is 8.64. The first-order valence-corrected chi connectivity index (χ1v) is 5.58. The summed E-state index contributed by atoms with van der Waals surface area (Å²) >= 11 is 1.65. The molecule has 14 heavy (non-hydrogen) atoms. The van der Waals surface area contributed by atoms with Gasteiger partial charge < -0.3 is 0 Å². The Hall–Kier alpha value is -1.01. The quantitative estimate of drug-likeness (QED) is 0.713. The van der Waals surface area contributed by atoms with Crippen molar-refractivity contribution in [1.29, 1.82) is 5.26 Å². The Labute approximate surface area is 89.4 Å². The van der Waals surface area contributed by atoms with Crippen molar-refractivity contribution in [3.63, 3.8) is 0 Å². The average Bonchev–Trinajstić information content (AvgIpc) is 2.12. The predicted molar refractivity (Wildman–Crippen MR) is 59.2 cm³/mol. The van der Waals surface area contributed by atoms with Crippen LogP contribution in [0.15, 0.2) is 17.2 Å². The van der Waals surface area contributed by atoms with E-state index in [0.717, 1.165) is 16.5 Å². The topological polar surface area (TPSA) is 36.7 Å². The van der Waals surface area contributed by atoms with Crippen LogP contribution in [-0.4, -0.2) is 10.7 Å². The van der Waals surface area contributed by atoms with Crippen LogP contribution in [0, 0.1) is 31.1 Å². The smallest absolute Gasteiger partial charge is 0.0966 e. The third-order valence-electron chi connectivity index (χ3n) is 1.78. The van der Waals surface area contributed by atoms with Crippen LogP contribution in [0.1, 0.15) is 18.2 Å². The van der Waals surface area contributed by atoms with Crippen molar-refractivity contribution >= 4 is 11.8 Å². The van der Waals surface area contributed by atoms with Gasteiger partial charge in [0.2, 0.25) is 0 Å². The van der Waals surface area contributed by atoms with Gasteiger partial charge in [-0.05, 0) is 38.5 Å². The molecule has 0 aromatic carbocycles. The van der Waals surface area contributed by atoms with Crippen LogP contribution >= 0.6 is 11.8 Å². The highest BCUT2D eigenvalue weighted by Gasteiger charge is 2.03. The van der Waals surface area contributed by atoms with Crippen molar-refractivity contribution in [3.8, 4) is 6.07 Å².